The number of rotatable bonds is 9. The molecule has 2 heterocycles. The highest BCUT2D eigenvalue weighted by atomic mass is 16.5. The van der Waals surface area contributed by atoms with Crippen LogP contribution >= 0.6 is 0 Å². The average Bonchev–Trinajstić information content (AvgIpc) is 2.75. The number of aryl methyl sites for hydroxylation is 1. The molecule has 2 saturated heterocycles. The van der Waals surface area contributed by atoms with Crippen LogP contribution in [-0.4, -0.2) is 92.1 Å². The Hall–Kier alpha value is -1.96. The molecule has 0 radical (unpaired) electrons. The van der Waals surface area contributed by atoms with Crippen molar-refractivity contribution in [3.63, 3.8) is 0 Å². The summed E-state index contributed by atoms with van der Waals surface area (Å²) in [7, 11) is 1.85. The van der Waals surface area contributed by atoms with Gasteiger partial charge in [0, 0.05) is 46.3 Å². The summed E-state index contributed by atoms with van der Waals surface area (Å²) in [6.45, 7) is 9.59. The smallest absolute Gasteiger partial charge is 0.237 e. The highest BCUT2D eigenvalue weighted by Crippen LogP contribution is 2.15. The predicted molar refractivity (Wildman–Crippen MR) is 117 cm³/mol. The SMILES string of the molecule is Cc1ccc(CN2CCNC(=O)C2CC(=O)N(C)CCCCN2CCOCC2)cc1. The largest absolute Gasteiger partial charge is 0.379 e. The van der Waals surface area contributed by atoms with Gasteiger partial charge in [-0.15, -0.1) is 0 Å². The highest BCUT2D eigenvalue weighted by molar-refractivity contribution is 5.88. The number of carbonyl (C=O) groups is 2. The number of amides is 2. The van der Waals surface area contributed by atoms with E-state index in [4.69, 9.17) is 4.74 Å². The summed E-state index contributed by atoms with van der Waals surface area (Å²) in [5.74, 6) is -0.000224. The molecule has 1 aromatic carbocycles. The number of benzene rings is 1. The fourth-order valence-corrected chi connectivity index (χ4v) is 4.06. The van der Waals surface area contributed by atoms with Gasteiger partial charge in [0.15, 0.2) is 0 Å². The van der Waals surface area contributed by atoms with E-state index in [2.05, 4.69) is 46.3 Å². The molecule has 0 saturated carbocycles. The van der Waals surface area contributed by atoms with Crippen molar-refractivity contribution >= 4 is 11.8 Å². The lowest BCUT2D eigenvalue weighted by atomic mass is 10.1. The molecule has 0 bridgehead atoms. The summed E-state index contributed by atoms with van der Waals surface area (Å²) in [6.07, 6.45) is 2.28. The van der Waals surface area contributed by atoms with E-state index in [1.165, 1.54) is 11.1 Å². The van der Waals surface area contributed by atoms with Crippen LogP contribution < -0.4 is 5.32 Å². The second kappa shape index (κ2) is 11.4. The Morgan fingerprint density at radius 3 is 2.63 bits per heavy atom. The zero-order valence-corrected chi connectivity index (χ0v) is 18.4. The number of carbonyl (C=O) groups excluding carboxylic acids is 2. The van der Waals surface area contributed by atoms with Gasteiger partial charge >= 0.3 is 0 Å². The number of ether oxygens (including phenoxy) is 1. The van der Waals surface area contributed by atoms with Crippen molar-refractivity contribution in [1.82, 2.24) is 20.0 Å². The van der Waals surface area contributed by atoms with Crippen molar-refractivity contribution in [3.8, 4) is 0 Å². The van der Waals surface area contributed by atoms with E-state index in [9.17, 15) is 9.59 Å². The van der Waals surface area contributed by atoms with Gasteiger partial charge < -0.3 is 15.0 Å². The summed E-state index contributed by atoms with van der Waals surface area (Å²) in [5.41, 5.74) is 2.39. The van der Waals surface area contributed by atoms with Gasteiger partial charge in [-0.1, -0.05) is 29.8 Å². The fourth-order valence-electron chi connectivity index (χ4n) is 4.06. The topological polar surface area (TPSA) is 65.1 Å². The third-order valence-electron chi connectivity index (χ3n) is 6.06. The number of unbranched alkanes of at least 4 members (excludes halogenated alkanes) is 1. The van der Waals surface area contributed by atoms with Crippen LogP contribution in [0, 0.1) is 6.92 Å². The van der Waals surface area contributed by atoms with Crippen LogP contribution in [0.25, 0.3) is 0 Å². The molecule has 0 spiro atoms. The van der Waals surface area contributed by atoms with Gasteiger partial charge in [-0.25, -0.2) is 0 Å². The van der Waals surface area contributed by atoms with E-state index in [0.717, 1.165) is 58.8 Å². The molecular weight excluding hydrogens is 380 g/mol. The van der Waals surface area contributed by atoms with E-state index in [1.807, 2.05) is 7.05 Å². The molecule has 3 rings (SSSR count). The summed E-state index contributed by atoms with van der Waals surface area (Å²) >= 11 is 0. The summed E-state index contributed by atoms with van der Waals surface area (Å²) in [5, 5.41) is 2.92. The van der Waals surface area contributed by atoms with Crippen molar-refractivity contribution in [2.75, 3.05) is 59.5 Å². The number of morpholine rings is 1. The van der Waals surface area contributed by atoms with Crippen LogP contribution in [0.5, 0.6) is 0 Å². The summed E-state index contributed by atoms with van der Waals surface area (Å²) < 4.78 is 5.38. The third kappa shape index (κ3) is 6.79. The van der Waals surface area contributed by atoms with Crippen LogP contribution in [0.1, 0.15) is 30.4 Å². The lowest BCUT2D eigenvalue weighted by Gasteiger charge is -2.35. The first kappa shape index (κ1) is 22.7. The number of nitrogens with zero attached hydrogens (tertiary/aromatic N) is 3. The molecule has 166 valence electrons. The zero-order chi connectivity index (χ0) is 21.3. The molecule has 1 aromatic rings. The Labute approximate surface area is 180 Å². The van der Waals surface area contributed by atoms with Gasteiger partial charge in [-0.3, -0.25) is 19.4 Å². The molecule has 1 atom stereocenters. The van der Waals surface area contributed by atoms with Gasteiger partial charge in [-0.05, 0) is 31.9 Å². The summed E-state index contributed by atoms with van der Waals surface area (Å²) in [6, 6.07) is 7.97. The first-order chi connectivity index (χ1) is 14.5. The van der Waals surface area contributed by atoms with Gasteiger partial charge in [0.1, 0.15) is 0 Å². The average molecular weight is 417 g/mol. The first-order valence-electron chi connectivity index (χ1n) is 11.1. The van der Waals surface area contributed by atoms with Gasteiger partial charge in [0.25, 0.3) is 0 Å². The number of hydrogen-bond donors (Lipinski definition) is 1. The Morgan fingerprint density at radius 1 is 1.17 bits per heavy atom. The molecule has 1 unspecified atom stereocenters. The normalized spacial score (nSPS) is 20.7. The zero-order valence-electron chi connectivity index (χ0n) is 18.4. The van der Waals surface area contributed by atoms with E-state index >= 15 is 0 Å². The van der Waals surface area contributed by atoms with Crippen molar-refractivity contribution in [2.24, 2.45) is 0 Å². The van der Waals surface area contributed by atoms with Crippen LogP contribution in [0.3, 0.4) is 0 Å². The van der Waals surface area contributed by atoms with Crippen LogP contribution in [0.4, 0.5) is 0 Å². The Morgan fingerprint density at radius 2 is 1.90 bits per heavy atom. The number of piperazine rings is 1. The van der Waals surface area contributed by atoms with E-state index < -0.39 is 6.04 Å². The lowest BCUT2D eigenvalue weighted by Crippen LogP contribution is -2.56. The van der Waals surface area contributed by atoms with Crippen LogP contribution in [-0.2, 0) is 20.9 Å². The van der Waals surface area contributed by atoms with Crippen LogP contribution in [0.15, 0.2) is 24.3 Å². The summed E-state index contributed by atoms with van der Waals surface area (Å²) in [4.78, 5) is 31.6. The van der Waals surface area contributed by atoms with Crippen molar-refractivity contribution in [2.45, 2.75) is 38.8 Å². The third-order valence-corrected chi connectivity index (χ3v) is 6.06. The molecule has 0 aliphatic carbocycles. The van der Waals surface area contributed by atoms with E-state index in [-0.39, 0.29) is 18.2 Å². The highest BCUT2D eigenvalue weighted by Gasteiger charge is 2.32. The monoisotopic (exact) mass is 416 g/mol. The minimum Gasteiger partial charge on any atom is -0.379 e. The van der Waals surface area contributed by atoms with E-state index in [0.29, 0.717) is 13.1 Å². The molecule has 7 nitrogen and oxygen atoms in total. The van der Waals surface area contributed by atoms with Crippen molar-refractivity contribution in [1.29, 1.82) is 0 Å². The molecule has 30 heavy (non-hydrogen) atoms. The number of nitrogens with one attached hydrogen (secondary N) is 1. The molecule has 2 fully saturated rings. The lowest BCUT2D eigenvalue weighted by molar-refractivity contribution is -0.138. The minimum atomic E-state index is -0.400. The molecule has 2 aliphatic heterocycles. The van der Waals surface area contributed by atoms with Crippen molar-refractivity contribution in [3.05, 3.63) is 35.4 Å². The van der Waals surface area contributed by atoms with Gasteiger partial charge in [0.2, 0.25) is 11.8 Å². The maximum absolute atomic E-state index is 12.8. The Balaban J connectivity index is 1.45. The molecule has 7 heteroatoms. The molecular formula is C23H36N4O3. The molecule has 1 N–H and O–H groups in total. The minimum absolute atomic E-state index is 0.0392. The molecule has 2 aliphatic rings. The van der Waals surface area contributed by atoms with Gasteiger partial charge in [0.05, 0.1) is 25.7 Å². The Kier molecular flexibility index (Phi) is 8.66. The van der Waals surface area contributed by atoms with Crippen LogP contribution in [0.2, 0.25) is 0 Å². The first-order valence-corrected chi connectivity index (χ1v) is 11.1. The second-order valence-corrected chi connectivity index (χ2v) is 8.44. The van der Waals surface area contributed by atoms with E-state index in [1.54, 1.807) is 4.90 Å². The number of hydrogen-bond acceptors (Lipinski definition) is 5. The maximum Gasteiger partial charge on any atom is 0.237 e. The fraction of sp³-hybridized carbons (Fsp3) is 0.652. The maximum atomic E-state index is 12.8. The quantitative estimate of drug-likeness (QED) is 0.614. The van der Waals surface area contributed by atoms with Crippen molar-refractivity contribution < 1.29 is 14.3 Å². The molecule has 0 aromatic heterocycles. The van der Waals surface area contributed by atoms with Gasteiger partial charge in [-0.2, -0.15) is 0 Å². The standard InChI is InChI=1S/C23H36N4O3/c1-19-5-7-20(8-6-19)18-27-12-9-24-23(29)21(27)17-22(28)25(2)10-3-4-11-26-13-15-30-16-14-26/h5-8,21H,3-4,9-18H2,1-2H3,(H,24,29). The molecule has 2 amide bonds. The second-order valence-electron chi connectivity index (χ2n) is 8.44. The predicted octanol–water partition coefficient (Wildman–Crippen LogP) is 1.26. The Bertz CT molecular complexity index is 688.